The van der Waals surface area contributed by atoms with Crippen LogP contribution in [0.5, 0.6) is 5.75 Å². The molecule has 158 valence electrons. The Bertz CT molecular complexity index is 1050. The number of oxime groups is 1. The molecular formula is C20H14Cl2F4N2O2. The normalized spacial score (nSPS) is 20.4. The van der Waals surface area contributed by atoms with Crippen molar-refractivity contribution in [3.8, 4) is 5.75 Å². The van der Waals surface area contributed by atoms with E-state index >= 15 is 0 Å². The molecule has 1 atom stereocenters. The second kappa shape index (κ2) is 7.42. The fourth-order valence-electron chi connectivity index (χ4n) is 3.71. The zero-order valence-corrected chi connectivity index (χ0v) is 16.8. The standard InChI is InChI=1S/C20H14Cl2F4N2O2/c1-27-9-10-2-3-12(13-4-5-29-18(10)13)16-8-19(30-28-16,20(24,25)26)11-6-14(21)17(23)15(22)7-11/h2-3,6-7H,1,4-5,8-9H2. The molecule has 1 unspecified atom stereocenters. The van der Waals surface area contributed by atoms with Gasteiger partial charge in [-0.3, -0.25) is 4.99 Å². The monoisotopic (exact) mass is 460 g/mol. The highest BCUT2D eigenvalue weighted by molar-refractivity contribution is 6.35. The summed E-state index contributed by atoms with van der Waals surface area (Å²) in [5, 5.41) is 2.70. The van der Waals surface area contributed by atoms with Gasteiger partial charge < -0.3 is 9.57 Å². The lowest BCUT2D eigenvalue weighted by Crippen LogP contribution is -2.42. The summed E-state index contributed by atoms with van der Waals surface area (Å²) in [7, 11) is 0. The lowest BCUT2D eigenvalue weighted by atomic mass is 9.85. The number of fused-ring (bicyclic) bond motifs is 1. The van der Waals surface area contributed by atoms with Crippen LogP contribution in [0.1, 0.15) is 28.7 Å². The Labute approximate surface area is 179 Å². The van der Waals surface area contributed by atoms with Crippen LogP contribution in [0.4, 0.5) is 17.6 Å². The minimum atomic E-state index is -4.87. The number of alkyl halides is 3. The molecule has 2 aromatic carbocycles. The lowest BCUT2D eigenvalue weighted by molar-refractivity contribution is -0.275. The fraction of sp³-hybridized carbons (Fsp3) is 0.300. The lowest BCUT2D eigenvalue weighted by Gasteiger charge is -2.29. The van der Waals surface area contributed by atoms with E-state index < -0.39 is 39.6 Å². The molecule has 0 N–H and O–H groups in total. The molecule has 0 radical (unpaired) electrons. The summed E-state index contributed by atoms with van der Waals surface area (Å²) in [5.74, 6) is -0.417. The molecule has 0 fully saturated rings. The summed E-state index contributed by atoms with van der Waals surface area (Å²) >= 11 is 11.5. The number of hydrogen-bond acceptors (Lipinski definition) is 4. The van der Waals surface area contributed by atoms with E-state index in [2.05, 4.69) is 16.9 Å². The Kier molecular flexibility index (Phi) is 5.18. The van der Waals surface area contributed by atoms with Crippen molar-refractivity contribution in [1.82, 2.24) is 0 Å². The Morgan fingerprint density at radius 1 is 1.20 bits per heavy atom. The van der Waals surface area contributed by atoms with Crippen molar-refractivity contribution in [2.75, 3.05) is 6.61 Å². The molecule has 0 amide bonds. The Balaban J connectivity index is 1.77. The zero-order valence-electron chi connectivity index (χ0n) is 15.3. The van der Waals surface area contributed by atoms with Gasteiger partial charge in [-0.15, -0.1) is 0 Å². The molecule has 0 saturated heterocycles. The predicted molar refractivity (Wildman–Crippen MR) is 105 cm³/mol. The van der Waals surface area contributed by atoms with E-state index in [1.165, 1.54) is 0 Å². The summed E-state index contributed by atoms with van der Waals surface area (Å²) in [6.45, 7) is 4.18. The molecule has 0 spiro atoms. The minimum Gasteiger partial charge on any atom is -0.493 e. The zero-order chi connectivity index (χ0) is 21.7. The molecule has 10 heteroatoms. The Morgan fingerprint density at radius 2 is 1.90 bits per heavy atom. The van der Waals surface area contributed by atoms with Gasteiger partial charge in [0, 0.05) is 35.1 Å². The van der Waals surface area contributed by atoms with Crippen LogP contribution in [0.3, 0.4) is 0 Å². The molecule has 2 aliphatic rings. The van der Waals surface area contributed by atoms with E-state index in [1.54, 1.807) is 12.1 Å². The first-order valence-corrected chi connectivity index (χ1v) is 9.60. The molecule has 2 aromatic rings. The van der Waals surface area contributed by atoms with Crippen molar-refractivity contribution in [2.24, 2.45) is 10.1 Å². The largest absolute Gasteiger partial charge is 0.493 e. The first-order chi connectivity index (χ1) is 14.2. The molecular weight excluding hydrogens is 447 g/mol. The molecule has 2 aliphatic heterocycles. The van der Waals surface area contributed by atoms with Crippen LogP contribution >= 0.6 is 23.2 Å². The highest BCUT2D eigenvalue weighted by Gasteiger charge is 2.62. The number of hydrogen-bond donors (Lipinski definition) is 0. The maximum absolute atomic E-state index is 14.2. The summed E-state index contributed by atoms with van der Waals surface area (Å²) in [6, 6.07) is 5.12. The van der Waals surface area contributed by atoms with Gasteiger partial charge in [0.15, 0.2) is 5.82 Å². The van der Waals surface area contributed by atoms with Crippen molar-refractivity contribution >= 4 is 35.6 Å². The van der Waals surface area contributed by atoms with Gasteiger partial charge in [-0.1, -0.05) is 40.5 Å². The highest BCUT2D eigenvalue weighted by atomic mass is 35.5. The number of ether oxygens (including phenoxy) is 1. The third kappa shape index (κ3) is 3.22. The Morgan fingerprint density at radius 3 is 2.53 bits per heavy atom. The molecule has 0 aliphatic carbocycles. The first-order valence-electron chi connectivity index (χ1n) is 8.85. The maximum atomic E-state index is 14.2. The van der Waals surface area contributed by atoms with Crippen LogP contribution in [0.15, 0.2) is 34.4 Å². The van der Waals surface area contributed by atoms with E-state index in [4.69, 9.17) is 32.8 Å². The molecule has 0 aromatic heterocycles. The molecule has 30 heavy (non-hydrogen) atoms. The van der Waals surface area contributed by atoms with Crippen molar-refractivity contribution < 1.29 is 27.1 Å². The van der Waals surface area contributed by atoms with E-state index in [0.717, 1.165) is 23.3 Å². The van der Waals surface area contributed by atoms with E-state index in [9.17, 15) is 17.6 Å². The van der Waals surface area contributed by atoms with Crippen molar-refractivity contribution in [1.29, 1.82) is 0 Å². The molecule has 4 nitrogen and oxygen atoms in total. The van der Waals surface area contributed by atoms with Crippen LogP contribution in [0.25, 0.3) is 0 Å². The molecule has 0 saturated carbocycles. The minimum absolute atomic E-state index is 0.101. The van der Waals surface area contributed by atoms with Gasteiger partial charge >= 0.3 is 6.18 Å². The van der Waals surface area contributed by atoms with Gasteiger partial charge in [0.25, 0.3) is 5.60 Å². The number of benzene rings is 2. The summed E-state index contributed by atoms with van der Waals surface area (Å²) in [5.41, 5.74) is -1.13. The van der Waals surface area contributed by atoms with Gasteiger partial charge in [0.05, 0.1) is 28.9 Å². The molecule has 0 bridgehead atoms. The van der Waals surface area contributed by atoms with E-state index in [0.29, 0.717) is 30.9 Å². The second-order valence-electron chi connectivity index (χ2n) is 6.94. The Hall–Kier alpha value is -2.32. The summed E-state index contributed by atoms with van der Waals surface area (Å²) in [6.07, 6.45) is -4.97. The van der Waals surface area contributed by atoms with Crippen molar-refractivity contribution in [3.63, 3.8) is 0 Å². The molecule has 4 rings (SSSR count). The molecule has 2 heterocycles. The van der Waals surface area contributed by atoms with Crippen LogP contribution in [-0.4, -0.2) is 25.2 Å². The average Bonchev–Trinajstić information content (AvgIpc) is 3.34. The first kappa shape index (κ1) is 20.9. The van der Waals surface area contributed by atoms with Crippen molar-refractivity contribution in [2.45, 2.75) is 31.2 Å². The van der Waals surface area contributed by atoms with E-state index in [-0.39, 0.29) is 5.71 Å². The average molecular weight is 461 g/mol. The maximum Gasteiger partial charge on any atom is 0.435 e. The van der Waals surface area contributed by atoms with Crippen LogP contribution in [0, 0.1) is 5.82 Å². The third-order valence-corrected chi connectivity index (χ3v) is 5.72. The van der Waals surface area contributed by atoms with Gasteiger partial charge in [-0.25, -0.2) is 4.39 Å². The number of aliphatic imine (C=N–C) groups is 1. The van der Waals surface area contributed by atoms with Gasteiger partial charge in [0.1, 0.15) is 5.75 Å². The topological polar surface area (TPSA) is 43.2 Å². The summed E-state index contributed by atoms with van der Waals surface area (Å²) < 4.78 is 61.9. The van der Waals surface area contributed by atoms with Crippen LogP contribution < -0.4 is 4.74 Å². The van der Waals surface area contributed by atoms with Crippen LogP contribution in [0.2, 0.25) is 10.0 Å². The SMILES string of the molecule is C=NCc1ccc(C2=NOC(c3cc(Cl)c(F)c(Cl)c3)(C(F)(F)F)C2)c2c1OCC2. The number of rotatable bonds is 4. The highest BCUT2D eigenvalue weighted by Crippen LogP contribution is 2.50. The third-order valence-electron chi connectivity index (χ3n) is 5.17. The van der Waals surface area contributed by atoms with Gasteiger partial charge in [-0.2, -0.15) is 13.2 Å². The summed E-state index contributed by atoms with van der Waals surface area (Å²) in [4.78, 5) is 8.84. The fourth-order valence-corrected chi connectivity index (χ4v) is 4.20. The van der Waals surface area contributed by atoms with Crippen molar-refractivity contribution in [3.05, 3.63) is 62.4 Å². The smallest absolute Gasteiger partial charge is 0.435 e. The number of halogens is 6. The van der Waals surface area contributed by atoms with E-state index in [1.807, 2.05) is 0 Å². The predicted octanol–water partition coefficient (Wildman–Crippen LogP) is 5.85. The number of nitrogens with zero attached hydrogens (tertiary/aromatic N) is 2. The van der Waals surface area contributed by atoms with Crippen LogP contribution in [-0.2, 0) is 23.4 Å². The van der Waals surface area contributed by atoms with Gasteiger partial charge in [-0.05, 0) is 18.9 Å². The van der Waals surface area contributed by atoms with Gasteiger partial charge in [0.2, 0.25) is 0 Å². The quantitative estimate of drug-likeness (QED) is 0.326. The second-order valence-corrected chi connectivity index (χ2v) is 7.76.